The van der Waals surface area contributed by atoms with Gasteiger partial charge in [-0.3, -0.25) is 0 Å². The number of nitrogens with one attached hydrogen (secondary N) is 1. The molecule has 0 saturated heterocycles. The van der Waals surface area contributed by atoms with Crippen LogP contribution in [0.3, 0.4) is 0 Å². The summed E-state index contributed by atoms with van der Waals surface area (Å²) >= 11 is 0. The average Bonchev–Trinajstić information content (AvgIpc) is 2.98. The minimum absolute atomic E-state index is 0.00740. The van der Waals surface area contributed by atoms with Gasteiger partial charge >= 0.3 is 35.2 Å². The number of aliphatic imine (C=N–C) groups is 1. The fourth-order valence-electron chi connectivity index (χ4n) is 2.40. The zero-order chi connectivity index (χ0) is 33.0. The smallest absolute Gasteiger partial charge is 0.407 e. The number of hydrogen-bond donors (Lipinski definition) is 2. The molecular weight excluding hydrogens is 588 g/mol. The Kier molecular flexibility index (Phi) is 28.3. The van der Waals surface area contributed by atoms with E-state index in [0.29, 0.717) is 24.2 Å². The number of aliphatic hydroxyl groups excluding tert-OH is 1. The van der Waals surface area contributed by atoms with E-state index < -0.39 is 35.2 Å². The molecule has 0 atom stereocenters. The lowest BCUT2D eigenvalue weighted by Gasteiger charge is -2.22. The van der Waals surface area contributed by atoms with Gasteiger partial charge in [0.05, 0.1) is 13.2 Å². The SMILES string of the molecule is C=C(C)C(=O)OCCO.C=C(C)C(=O)OCCOC(=O)NCCC[Si](C)(OC)OC.CO[Si](C)(CCCN=C=O)OC. The van der Waals surface area contributed by atoms with Crippen LogP contribution in [-0.4, -0.2) is 114 Å². The second-order valence-electron chi connectivity index (χ2n) is 8.88. The van der Waals surface area contributed by atoms with Crippen LogP contribution in [0.1, 0.15) is 26.7 Å². The number of carbonyl (C=O) groups is 3. The van der Waals surface area contributed by atoms with Crippen molar-refractivity contribution >= 4 is 41.2 Å². The van der Waals surface area contributed by atoms with E-state index in [4.69, 9.17) is 32.3 Å². The van der Waals surface area contributed by atoms with Crippen molar-refractivity contribution < 1.29 is 56.2 Å². The molecule has 0 radical (unpaired) electrons. The number of carbonyl (C=O) groups excluding carboxylic acids is 4. The first-order chi connectivity index (χ1) is 19.7. The molecule has 0 aliphatic heterocycles. The molecule has 0 unspecified atom stereocenters. The highest BCUT2D eigenvalue weighted by atomic mass is 28.4. The standard InChI is InChI=1S/C13H25NO6Si.C7H15NO3Si.C6H10O3/c1-11(2)12(15)19-8-9-20-13(16)14-7-6-10-21(5,17-3)18-4;1-10-12(3,11-2)6-4-5-8-7-9;1-5(2)6(8)9-4-3-7/h1,6-10H2,2-5H3,(H,14,16);4-6H2,1-3H3;7H,1,3-4H2,2H3. The maximum atomic E-state index is 11.3. The number of esters is 2. The van der Waals surface area contributed by atoms with Gasteiger partial charge in [-0.1, -0.05) is 13.2 Å². The summed E-state index contributed by atoms with van der Waals surface area (Å²) in [7, 11) is 2.54. The van der Waals surface area contributed by atoms with Gasteiger partial charge in [0.25, 0.3) is 0 Å². The highest BCUT2D eigenvalue weighted by molar-refractivity contribution is 6.66. The van der Waals surface area contributed by atoms with Crippen molar-refractivity contribution in [1.82, 2.24) is 5.32 Å². The molecule has 0 bridgehead atoms. The van der Waals surface area contributed by atoms with Crippen LogP contribution >= 0.6 is 0 Å². The van der Waals surface area contributed by atoms with Crippen molar-refractivity contribution in [2.75, 3.05) is 68.0 Å². The third-order valence-corrected chi connectivity index (χ3v) is 11.3. The van der Waals surface area contributed by atoms with Gasteiger partial charge < -0.3 is 42.3 Å². The molecule has 0 aromatic carbocycles. The predicted molar refractivity (Wildman–Crippen MR) is 161 cm³/mol. The lowest BCUT2D eigenvalue weighted by atomic mass is 10.4. The number of isocyanates is 1. The Morgan fingerprint density at radius 3 is 1.62 bits per heavy atom. The van der Waals surface area contributed by atoms with Crippen LogP contribution in [0, 0.1) is 0 Å². The van der Waals surface area contributed by atoms with Gasteiger partial charge in [-0.2, -0.15) is 0 Å². The summed E-state index contributed by atoms with van der Waals surface area (Å²) in [6.07, 6.45) is 2.52. The van der Waals surface area contributed by atoms with Crippen LogP contribution in [0.15, 0.2) is 29.3 Å². The molecule has 42 heavy (non-hydrogen) atoms. The molecule has 244 valence electrons. The molecule has 0 heterocycles. The molecule has 16 heteroatoms. The highest BCUT2D eigenvalue weighted by Gasteiger charge is 2.28. The molecule has 0 fully saturated rings. The average molecular weight is 639 g/mol. The predicted octanol–water partition coefficient (Wildman–Crippen LogP) is 2.76. The van der Waals surface area contributed by atoms with E-state index in [1.807, 2.05) is 13.1 Å². The molecule has 0 rings (SSSR count). The largest absolute Gasteiger partial charge is 0.460 e. The second kappa shape index (κ2) is 27.2. The highest BCUT2D eigenvalue weighted by Crippen LogP contribution is 2.13. The van der Waals surface area contributed by atoms with Gasteiger partial charge in [0, 0.05) is 46.1 Å². The van der Waals surface area contributed by atoms with Gasteiger partial charge in [0.2, 0.25) is 6.08 Å². The second-order valence-corrected chi connectivity index (χ2v) is 16.1. The Hall–Kier alpha value is -2.70. The van der Waals surface area contributed by atoms with E-state index in [-0.39, 0.29) is 26.4 Å². The number of aliphatic hydroxyl groups is 1. The molecule has 1 amide bonds. The summed E-state index contributed by atoms with van der Waals surface area (Å²) in [6.45, 7) is 14.8. The number of hydrogen-bond acceptors (Lipinski definition) is 13. The fourth-order valence-corrected chi connectivity index (χ4v) is 5.17. The number of rotatable bonds is 19. The summed E-state index contributed by atoms with van der Waals surface area (Å²) in [5.41, 5.74) is 0.659. The Morgan fingerprint density at radius 2 is 1.21 bits per heavy atom. The van der Waals surface area contributed by atoms with Gasteiger partial charge in [-0.25, -0.2) is 24.2 Å². The maximum absolute atomic E-state index is 11.3. The van der Waals surface area contributed by atoms with Crippen LogP contribution in [0.4, 0.5) is 4.79 Å². The Balaban J connectivity index is -0.000000609. The first-order valence-corrected chi connectivity index (χ1v) is 18.2. The zero-order valence-corrected chi connectivity index (χ0v) is 28.4. The van der Waals surface area contributed by atoms with Crippen LogP contribution in [0.5, 0.6) is 0 Å². The topological polar surface area (TPSA) is 178 Å². The normalized spacial score (nSPS) is 10.4. The summed E-state index contributed by atoms with van der Waals surface area (Å²) < 4.78 is 35.2. The molecule has 0 aliphatic rings. The van der Waals surface area contributed by atoms with Crippen LogP contribution in [0.25, 0.3) is 0 Å². The third kappa shape index (κ3) is 26.2. The summed E-state index contributed by atoms with van der Waals surface area (Å²) in [5.74, 6) is -0.952. The first-order valence-electron chi connectivity index (χ1n) is 13.1. The molecule has 0 spiro atoms. The third-order valence-electron chi connectivity index (χ3n) is 5.34. The Bertz CT molecular complexity index is 843. The van der Waals surface area contributed by atoms with E-state index in [1.54, 1.807) is 42.3 Å². The van der Waals surface area contributed by atoms with E-state index in [9.17, 15) is 19.2 Å². The van der Waals surface area contributed by atoms with Gasteiger partial charge in [0.1, 0.15) is 19.8 Å². The van der Waals surface area contributed by atoms with Crippen LogP contribution in [0.2, 0.25) is 25.2 Å². The Labute approximate surface area is 251 Å². The molecule has 0 saturated carbocycles. The molecule has 0 aromatic rings. The lowest BCUT2D eigenvalue weighted by Crippen LogP contribution is -2.37. The van der Waals surface area contributed by atoms with E-state index in [0.717, 1.165) is 24.9 Å². The van der Waals surface area contributed by atoms with Crippen LogP contribution in [-0.2, 0) is 46.3 Å². The van der Waals surface area contributed by atoms with Crippen molar-refractivity contribution in [2.45, 2.75) is 51.9 Å². The van der Waals surface area contributed by atoms with E-state index in [2.05, 4.69) is 28.2 Å². The van der Waals surface area contributed by atoms with Gasteiger partial charge in [-0.05, 0) is 51.9 Å². The molecular formula is C26H50N2O12Si2. The van der Waals surface area contributed by atoms with Crippen molar-refractivity contribution in [2.24, 2.45) is 4.99 Å². The number of amides is 1. The lowest BCUT2D eigenvalue weighted by molar-refractivity contribution is -0.140. The fraction of sp³-hybridized carbons (Fsp3) is 0.692. The zero-order valence-electron chi connectivity index (χ0n) is 26.4. The number of alkyl carbamates (subject to hydrolysis) is 1. The number of ether oxygens (including phenoxy) is 3. The van der Waals surface area contributed by atoms with Crippen molar-refractivity contribution in [3.8, 4) is 0 Å². The summed E-state index contributed by atoms with van der Waals surface area (Å²) in [4.78, 5) is 46.0. The van der Waals surface area contributed by atoms with Crippen molar-refractivity contribution in [3.63, 3.8) is 0 Å². The van der Waals surface area contributed by atoms with E-state index >= 15 is 0 Å². The van der Waals surface area contributed by atoms with Crippen molar-refractivity contribution in [1.29, 1.82) is 0 Å². The number of nitrogens with zero attached hydrogens (tertiary/aromatic N) is 1. The summed E-state index contributed by atoms with van der Waals surface area (Å²) in [5, 5.41) is 10.8. The molecule has 0 aliphatic carbocycles. The first kappa shape index (κ1) is 43.8. The van der Waals surface area contributed by atoms with E-state index in [1.165, 1.54) is 6.08 Å². The quantitative estimate of drug-likeness (QED) is 0.0403. The van der Waals surface area contributed by atoms with Crippen LogP contribution < -0.4 is 5.32 Å². The minimum atomic E-state index is -2.08. The molecule has 0 aromatic heterocycles. The molecule has 14 nitrogen and oxygen atoms in total. The minimum Gasteiger partial charge on any atom is -0.460 e. The van der Waals surface area contributed by atoms with Crippen molar-refractivity contribution in [3.05, 3.63) is 24.3 Å². The molecule has 2 N–H and O–H groups in total. The van der Waals surface area contributed by atoms with Gasteiger partial charge in [-0.15, -0.1) is 0 Å². The monoisotopic (exact) mass is 638 g/mol. The summed E-state index contributed by atoms with van der Waals surface area (Å²) in [6, 6.07) is 1.63. The Morgan fingerprint density at radius 1 is 0.786 bits per heavy atom. The van der Waals surface area contributed by atoms with Gasteiger partial charge in [0.15, 0.2) is 0 Å². The maximum Gasteiger partial charge on any atom is 0.407 e.